The van der Waals surface area contributed by atoms with Gasteiger partial charge in [0.1, 0.15) is 12.3 Å². The second kappa shape index (κ2) is 10.1. The molecule has 0 aliphatic carbocycles. The topological polar surface area (TPSA) is 98.7 Å². The molecule has 0 bridgehead atoms. The molecule has 3 rings (SSSR count). The molecule has 2 aromatic rings. The van der Waals surface area contributed by atoms with E-state index in [9.17, 15) is 14.4 Å². The minimum Gasteiger partial charge on any atom is -0.480 e. The van der Waals surface area contributed by atoms with Crippen LogP contribution in [-0.2, 0) is 16.1 Å². The molecule has 9 heteroatoms. The number of aliphatic carboxylic acids is 1. The van der Waals surface area contributed by atoms with Crippen LogP contribution in [0.15, 0.2) is 36.4 Å². The fourth-order valence-corrected chi connectivity index (χ4v) is 4.32. The first-order valence-corrected chi connectivity index (χ1v) is 10.5. The summed E-state index contributed by atoms with van der Waals surface area (Å²) in [4.78, 5) is 36.0. The van der Waals surface area contributed by atoms with Crippen molar-refractivity contribution in [2.24, 2.45) is 0 Å². The van der Waals surface area contributed by atoms with Crippen LogP contribution in [0.1, 0.15) is 35.4 Å². The Hall–Kier alpha value is -2.61. The summed E-state index contributed by atoms with van der Waals surface area (Å²) in [6, 6.07) is 9.28. The largest absolute Gasteiger partial charge is 0.480 e. The van der Waals surface area contributed by atoms with E-state index in [1.54, 1.807) is 18.2 Å². The molecule has 1 unspecified atom stereocenters. The molecule has 0 spiro atoms. The van der Waals surface area contributed by atoms with E-state index in [2.05, 4.69) is 15.5 Å². The Kier molecular flexibility index (Phi) is 7.54. The molecular weight excluding hydrogens is 441 g/mol. The standard InChI is InChI=1S/C22H23Cl2N3O4/c1-27-11-17(16-9-14(23)10-19(24)18(16)12-27)13-4-6-15(7-5-13)25-22(31)26-20(21(29)30)3-2-8-28/h4-10,17,20H,2-3,11-12H2,1H3,(H,29,30)(H2,25,26,31)/t17?,20-/m0/s1. The molecule has 0 fully saturated rings. The Morgan fingerprint density at radius 1 is 1.26 bits per heavy atom. The number of anilines is 1. The van der Waals surface area contributed by atoms with Crippen LogP contribution in [0.3, 0.4) is 0 Å². The molecule has 1 aliphatic heterocycles. The van der Waals surface area contributed by atoms with Gasteiger partial charge in [0.25, 0.3) is 0 Å². The van der Waals surface area contributed by atoms with Crippen LogP contribution in [0.4, 0.5) is 10.5 Å². The number of halogens is 2. The van der Waals surface area contributed by atoms with Crippen molar-refractivity contribution in [2.45, 2.75) is 31.3 Å². The maximum absolute atomic E-state index is 12.1. The average Bonchev–Trinajstić information content (AvgIpc) is 2.71. The lowest BCUT2D eigenvalue weighted by Gasteiger charge is -2.33. The first-order chi connectivity index (χ1) is 14.8. The highest BCUT2D eigenvalue weighted by Gasteiger charge is 2.27. The Morgan fingerprint density at radius 2 is 1.97 bits per heavy atom. The molecule has 2 atom stereocenters. The molecule has 7 nitrogen and oxygen atoms in total. The molecule has 2 amide bonds. The molecular formula is C22H23Cl2N3O4. The number of benzene rings is 2. The van der Waals surface area contributed by atoms with E-state index in [-0.39, 0.29) is 18.8 Å². The molecule has 0 saturated heterocycles. The highest BCUT2D eigenvalue weighted by atomic mass is 35.5. The highest BCUT2D eigenvalue weighted by Crippen LogP contribution is 2.38. The number of carbonyl (C=O) groups excluding carboxylic acids is 2. The van der Waals surface area contributed by atoms with Gasteiger partial charge >= 0.3 is 12.0 Å². The van der Waals surface area contributed by atoms with Gasteiger partial charge < -0.3 is 25.4 Å². The van der Waals surface area contributed by atoms with Crippen LogP contribution in [0.25, 0.3) is 0 Å². The van der Waals surface area contributed by atoms with Crippen LogP contribution < -0.4 is 10.6 Å². The average molecular weight is 464 g/mol. The number of rotatable bonds is 7. The van der Waals surface area contributed by atoms with Gasteiger partial charge in [0.05, 0.1) is 0 Å². The second-order valence-electron chi connectivity index (χ2n) is 7.56. The van der Waals surface area contributed by atoms with Gasteiger partial charge in [-0.05, 0) is 54.4 Å². The number of nitrogens with zero attached hydrogens (tertiary/aromatic N) is 1. The molecule has 31 heavy (non-hydrogen) atoms. The molecule has 3 N–H and O–H groups in total. The summed E-state index contributed by atoms with van der Waals surface area (Å²) in [5, 5.41) is 15.4. The molecule has 1 aliphatic rings. The quantitative estimate of drug-likeness (QED) is 0.536. The first kappa shape index (κ1) is 23.1. The van der Waals surface area contributed by atoms with Crippen molar-refractivity contribution in [3.8, 4) is 0 Å². The minimum atomic E-state index is -1.19. The number of fused-ring (bicyclic) bond motifs is 1. The predicted molar refractivity (Wildman–Crippen MR) is 120 cm³/mol. The lowest BCUT2D eigenvalue weighted by atomic mass is 9.85. The van der Waals surface area contributed by atoms with Crippen molar-refractivity contribution < 1.29 is 19.5 Å². The van der Waals surface area contributed by atoms with Gasteiger partial charge in [-0.3, -0.25) is 0 Å². The number of likely N-dealkylation sites (N-methyl/N-ethyl adjacent to an activating group) is 1. The Labute approximate surface area is 190 Å². The van der Waals surface area contributed by atoms with E-state index in [0.29, 0.717) is 22.0 Å². The number of hydrogen-bond acceptors (Lipinski definition) is 4. The third kappa shape index (κ3) is 5.76. The number of urea groups is 1. The number of carbonyl (C=O) groups is 3. The SMILES string of the molecule is CN1Cc2c(Cl)cc(Cl)cc2C(c2ccc(NC(=O)N[C@@H](CCC=O)C(=O)O)cc2)C1. The van der Waals surface area contributed by atoms with Gasteiger partial charge in [0, 0.05) is 41.2 Å². The smallest absolute Gasteiger partial charge is 0.326 e. The van der Waals surface area contributed by atoms with E-state index >= 15 is 0 Å². The Balaban J connectivity index is 1.73. The van der Waals surface area contributed by atoms with Crippen molar-refractivity contribution in [3.63, 3.8) is 0 Å². The van der Waals surface area contributed by atoms with Crippen molar-refractivity contribution in [3.05, 3.63) is 63.1 Å². The fourth-order valence-electron chi connectivity index (χ4n) is 3.75. The monoisotopic (exact) mass is 463 g/mol. The fraction of sp³-hybridized carbons (Fsp3) is 0.318. The number of carboxylic acids is 1. The lowest BCUT2D eigenvalue weighted by molar-refractivity contribution is -0.139. The Morgan fingerprint density at radius 3 is 2.61 bits per heavy atom. The van der Waals surface area contributed by atoms with Crippen molar-refractivity contribution in [1.29, 1.82) is 0 Å². The first-order valence-electron chi connectivity index (χ1n) is 9.78. The molecule has 1 heterocycles. The van der Waals surface area contributed by atoms with Gasteiger partial charge in [0.15, 0.2) is 0 Å². The minimum absolute atomic E-state index is 0.0327. The molecule has 0 saturated carbocycles. The number of amides is 2. The number of aldehydes is 1. The van der Waals surface area contributed by atoms with Crippen LogP contribution in [0.2, 0.25) is 10.0 Å². The summed E-state index contributed by atoms with van der Waals surface area (Å²) in [6.45, 7) is 1.55. The van der Waals surface area contributed by atoms with Gasteiger partial charge in [-0.2, -0.15) is 0 Å². The highest BCUT2D eigenvalue weighted by molar-refractivity contribution is 6.35. The summed E-state index contributed by atoms with van der Waals surface area (Å²) < 4.78 is 0. The molecule has 0 radical (unpaired) electrons. The predicted octanol–water partition coefficient (Wildman–Crippen LogP) is 4.12. The van der Waals surface area contributed by atoms with Gasteiger partial charge in [-0.1, -0.05) is 35.3 Å². The van der Waals surface area contributed by atoms with Crippen LogP contribution in [0.5, 0.6) is 0 Å². The van der Waals surface area contributed by atoms with E-state index in [1.807, 2.05) is 25.2 Å². The van der Waals surface area contributed by atoms with Crippen LogP contribution in [0, 0.1) is 0 Å². The van der Waals surface area contributed by atoms with Gasteiger partial charge in [0.2, 0.25) is 0 Å². The summed E-state index contributed by atoms with van der Waals surface area (Å²) >= 11 is 12.7. The van der Waals surface area contributed by atoms with Gasteiger partial charge in [-0.25, -0.2) is 9.59 Å². The van der Waals surface area contributed by atoms with Crippen molar-refractivity contribution >= 4 is 47.2 Å². The van der Waals surface area contributed by atoms with E-state index in [1.165, 1.54) is 0 Å². The molecule has 164 valence electrons. The summed E-state index contributed by atoms with van der Waals surface area (Å²) in [5.41, 5.74) is 3.72. The maximum atomic E-state index is 12.1. The summed E-state index contributed by atoms with van der Waals surface area (Å²) in [6.07, 6.45) is 0.706. The van der Waals surface area contributed by atoms with E-state index in [4.69, 9.17) is 28.3 Å². The Bertz CT molecular complexity index is 981. The molecule has 2 aromatic carbocycles. The normalized spacial score (nSPS) is 16.8. The number of carboxylic acid groups (broad SMARTS) is 1. The lowest BCUT2D eigenvalue weighted by Crippen LogP contribution is -2.43. The van der Waals surface area contributed by atoms with Crippen LogP contribution >= 0.6 is 23.2 Å². The molecule has 0 aromatic heterocycles. The third-order valence-corrected chi connectivity index (χ3v) is 5.80. The third-order valence-electron chi connectivity index (χ3n) is 5.24. The van der Waals surface area contributed by atoms with E-state index < -0.39 is 18.0 Å². The number of nitrogens with one attached hydrogen (secondary N) is 2. The zero-order valence-electron chi connectivity index (χ0n) is 16.9. The number of hydrogen-bond donors (Lipinski definition) is 3. The zero-order valence-corrected chi connectivity index (χ0v) is 18.4. The zero-order chi connectivity index (χ0) is 22.5. The van der Waals surface area contributed by atoms with Gasteiger partial charge in [-0.15, -0.1) is 0 Å². The second-order valence-corrected chi connectivity index (χ2v) is 8.40. The summed E-state index contributed by atoms with van der Waals surface area (Å²) in [7, 11) is 2.03. The van der Waals surface area contributed by atoms with E-state index in [0.717, 1.165) is 29.8 Å². The van der Waals surface area contributed by atoms with Crippen molar-refractivity contribution in [2.75, 3.05) is 18.9 Å². The summed E-state index contributed by atoms with van der Waals surface area (Å²) in [5.74, 6) is -1.11. The maximum Gasteiger partial charge on any atom is 0.326 e. The van der Waals surface area contributed by atoms with Crippen LogP contribution in [-0.4, -0.2) is 47.9 Å². The van der Waals surface area contributed by atoms with Crippen molar-refractivity contribution in [1.82, 2.24) is 10.2 Å².